The highest BCUT2D eigenvalue weighted by Gasteiger charge is 2.23. The van der Waals surface area contributed by atoms with E-state index in [2.05, 4.69) is 60.7 Å². The molecule has 2 amide bonds. The van der Waals surface area contributed by atoms with E-state index in [0.29, 0.717) is 29.1 Å². The van der Waals surface area contributed by atoms with Gasteiger partial charge in [-0.2, -0.15) is 8.42 Å². The second kappa shape index (κ2) is 15.0. The number of hydrogen-bond acceptors (Lipinski definition) is 6. The summed E-state index contributed by atoms with van der Waals surface area (Å²) in [6.07, 6.45) is 0.358. The summed E-state index contributed by atoms with van der Waals surface area (Å²) in [6.45, 7) is 8.33. The Morgan fingerprint density at radius 1 is 0.808 bits per heavy atom. The Bertz CT molecular complexity index is 2310. The van der Waals surface area contributed by atoms with Gasteiger partial charge in [-0.05, 0) is 94.6 Å². The number of aromatic nitrogens is 1. The van der Waals surface area contributed by atoms with Gasteiger partial charge >= 0.3 is 0 Å². The van der Waals surface area contributed by atoms with Crippen LogP contribution in [-0.4, -0.2) is 42.1 Å². The third kappa shape index (κ3) is 8.82. The molecule has 9 nitrogen and oxygen atoms in total. The van der Waals surface area contributed by atoms with Crippen molar-refractivity contribution in [1.82, 2.24) is 10.3 Å². The van der Waals surface area contributed by atoms with E-state index in [1.807, 2.05) is 73.7 Å². The lowest BCUT2D eigenvalue weighted by Crippen LogP contribution is -2.28. The average molecular weight is 716 g/mol. The number of oxazole rings is 1. The van der Waals surface area contributed by atoms with E-state index in [1.165, 1.54) is 5.56 Å². The molecule has 0 unspecified atom stereocenters. The van der Waals surface area contributed by atoms with Gasteiger partial charge in [-0.1, -0.05) is 93.6 Å². The molecule has 0 aliphatic rings. The minimum atomic E-state index is -4.19. The number of nitrogens with zero attached hydrogens (tertiary/aromatic N) is 1. The van der Waals surface area contributed by atoms with Crippen LogP contribution in [0.3, 0.4) is 0 Å². The lowest BCUT2D eigenvalue weighted by Gasteiger charge is -2.20. The molecule has 10 heteroatoms. The number of nitrogens with one attached hydrogen (secondary N) is 2. The topological polar surface area (TPSA) is 139 Å². The Balaban J connectivity index is 1.22. The minimum Gasteiger partial charge on any atom is -0.436 e. The summed E-state index contributed by atoms with van der Waals surface area (Å²) < 4.78 is 36.9. The van der Waals surface area contributed by atoms with Crippen LogP contribution in [-0.2, 0) is 26.7 Å². The fraction of sp³-hybridized carbons (Fsp3) is 0.214. The van der Waals surface area contributed by atoms with Gasteiger partial charge in [0.05, 0.1) is 11.7 Å². The van der Waals surface area contributed by atoms with Crippen molar-refractivity contribution in [2.45, 2.75) is 45.4 Å². The van der Waals surface area contributed by atoms with Gasteiger partial charge in [0.2, 0.25) is 11.8 Å². The van der Waals surface area contributed by atoms with Crippen LogP contribution in [0.4, 0.5) is 5.69 Å². The van der Waals surface area contributed by atoms with Crippen LogP contribution in [0.25, 0.3) is 33.7 Å². The lowest BCUT2D eigenvalue weighted by atomic mass is 9.86. The Labute approximate surface area is 303 Å². The summed E-state index contributed by atoms with van der Waals surface area (Å²) in [4.78, 5) is 31.2. The second-order valence-corrected chi connectivity index (χ2v) is 15.5. The number of para-hydroxylation sites is 1. The molecule has 0 aliphatic heterocycles. The molecular formula is C42H41N3O6S. The summed E-state index contributed by atoms with van der Waals surface area (Å²) in [6, 6.07) is 36.5. The van der Waals surface area contributed by atoms with Crippen LogP contribution in [0.15, 0.2) is 120 Å². The monoisotopic (exact) mass is 715 g/mol. The van der Waals surface area contributed by atoms with Crippen LogP contribution in [0.5, 0.6) is 0 Å². The number of benzene rings is 5. The van der Waals surface area contributed by atoms with E-state index >= 15 is 0 Å². The maximum Gasteiger partial charge on any atom is 0.266 e. The Morgan fingerprint density at radius 2 is 1.42 bits per heavy atom. The van der Waals surface area contributed by atoms with E-state index < -0.39 is 27.7 Å². The molecule has 266 valence electrons. The number of anilines is 1. The van der Waals surface area contributed by atoms with E-state index in [9.17, 15) is 18.0 Å². The maximum atomic E-state index is 14.0. The quantitative estimate of drug-likeness (QED) is 0.115. The molecule has 0 saturated heterocycles. The molecule has 0 aliphatic carbocycles. The fourth-order valence-corrected chi connectivity index (χ4v) is 6.35. The zero-order chi connectivity index (χ0) is 37.0. The van der Waals surface area contributed by atoms with Crippen molar-refractivity contribution >= 4 is 38.7 Å². The molecule has 3 N–H and O–H groups in total. The smallest absolute Gasteiger partial charge is 0.266 e. The van der Waals surface area contributed by atoms with Gasteiger partial charge in [0, 0.05) is 23.4 Å². The zero-order valence-corrected chi connectivity index (χ0v) is 30.3. The number of aryl methyl sites for hydroxylation is 1. The first kappa shape index (κ1) is 36.2. The molecule has 6 rings (SSSR count). The highest BCUT2D eigenvalue weighted by atomic mass is 32.2. The Kier molecular flexibility index (Phi) is 10.4. The number of carbonyl (C=O) groups excluding carboxylic acids is 2. The number of fused-ring (bicyclic) bond motifs is 1. The van der Waals surface area contributed by atoms with Crippen LogP contribution < -0.4 is 10.6 Å². The predicted molar refractivity (Wildman–Crippen MR) is 205 cm³/mol. The summed E-state index contributed by atoms with van der Waals surface area (Å²) >= 11 is 0. The molecule has 5 aromatic carbocycles. The third-order valence-corrected chi connectivity index (χ3v) is 9.76. The van der Waals surface area contributed by atoms with Crippen LogP contribution >= 0.6 is 0 Å². The van der Waals surface area contributed by atoms with E-state index in [4.69, 9.17) is 8.97 Å². The van der Waals surface area contributed by atoms with Crippen molar-refractivity contribution < 1.29 is 27.0 Å². The normalized spacial score (nSPS) is 12.4. The molecule has 1 heterocycles. The number of carbonyl (C=O) groups is 2. The molecule has 0 bridgehead atoms. The summed E-state index contributed by atoms with van der Waals surface area (Å²) in [5, 5.41) is 5.57. The largest absolute Gasteiger partial charge is 0.436 e. The molecule has 0 fully saturated rings. The standard InChI is InChI=1S/C42H41N3O6S/c1-27-6-5-7-37-38(27)45-41(51-37)33-18-22-35(23-19-33)44-40(47)36(26-28-8-10-32(11-9-28)39(46)43-24-25-52(48,49)50)31-14-12-29(13-15-31)30-16-20-34(21-17-30)42(2,3)4/h5-23,36H,24-26H2,1-4H3,(H,43,46)(H,44,47)(H,48,49,50)/t36-/m0/s1. The zero-order valence-electron chi connectivity index (χ0n) is 29.5. The first-order valence-electron chi connectivity index (χ1n) is 17.0. The summed E-state index contributed by atoms with van der Waals surface area (Å²) in [5.41, 5.74) is 9.40. The number of amides is 2. The van der Waals surface area contributed by atoms with Crippen LogP contribution in [0.2, 0.25) is 0 Å². The van der Waals surface area contributed by atoms with Crippen molar-refractivity contribution in [1.29, 1.82) is 0 Å². The molecule has 0 spiro atoms. The molecule has 52 heavy (non-hydrogen) atoms. The number of rotatable bonds is 11. The van der Waals surface area contributed by atoms with Gasteiger partial charge in [-0.25, -0.2) is 4.98 Å². The average Bonchev–Trinajstić information content (AvgIpc) is 3.56. The Hall–Kier alpha value is -5.58. The van der Waals surface area contributed by atoms with Crippen LogP contribution in [0, 0.1) is 6.92 Å². The molecule has 6 aromatic rings. The SMILES string of the molecule is Cc1cccc2oc(-c3ccc(NC(=O)[C@@H](Cc4ccc(C(=O)NCCS(=O)(=O)O)cc4)c4ccc(-c5ccc(C(C)(C)C)cc5)cc4)cc3)nc12. The second-order valence-electron chi connectivity index (χ2n) is 14.0. The predicted octanol–water partition coefficient (Wildman–Crippen LogP) is 8.35. The molecular weight excluding hydrogens is 675 g/mol. The molecule has 1 atom stereocenters. The van der Waals surface area contributed by atoms with Gasteiger partial charge in [0.1, 0.15) is 5.52 Å². The van der Waals surface area contributed by atoms with Crippen LogP contribution in [0.1, 0.15) is 59.3 Å². The van der Waals surface area contributed by atoms with E-state index in [-0.39, 0.29) is 17.9 Å². The van der Waals surface area contributed by atoms with Gasteiger partial charge in [-0.15, -0.1) is 0 Å². The summed E-state index contributed by atoms with van der Waals surface area (Å²) in [7, 11) is -4.19. The minimum absolute atomic E-state index is 0.0534. The van der Waals surface area contributed by atoms with Crippen molar-refractivity contribution in [3.05, 3.63) is 143 Å². The summed E-state index contributed by atoms with van der Waals surface area (Å²) in [5.74, 6) is -1.30. The van der Waals surface area contributed by atoms with Gasteiger partial charge in [-0.3, -0.25) is 14.1 Å². The highest BCUT2D eigenvalue weighted by molar-refractivity contribution is 7.85. The van der Waals surface area contributed by atoms with Crippen molar-refractivity contribution in [2.75, 3.05) is 17.6 Å². The van der Waals surface area contributed by atoms with E-state index in [1.54, 1.807) is 24.3 Å². The van der Waals surface area contributed by atoms with Crippen molar-refractivity contribution in [3.8, 4) is 22.6 Å². The first-order chi connectivity index (χ1) is 24.7. The molecule has 1 aromatic heterocycles. The van der Waals surface area contributed by atoms with Gasteiger partial charge in [0.25, 0.3) is 16.0 Å². The van der Waals surface area contributed by atoms with Gasteiger partial charge in [0.15, 0.2) is 5.58 Å². The molecule has 0 saturated carbocycles. The van der Waals surface area contributed by atoms with Gasteiger partial charge < -0.3 is 15.1 Å². The Morgan fingerprint density at radius 3 is 2.02 bits per heavy atom. The first-order valence-corrected chi connectivity index (χ1v) is 18.6. The highest BCUT2D eigenvalue weighted by Crippen LogP contribution is 2.31. The van der Waals surface area contributed by atoms with E-state index in [0.717, 1.165) is 38.9 Å². The third-order valence-electron chi connectivity index (χ3n) is 9.04. The number of hydrogen-bond donors (Lipinski definition) is 3. The maximum absolute atomic E-state index is 14.0. The van der Waals surface area contributed by atoms with Crippen molar-refractivity contribution in [3.63, 3.8) is 0 Å². The fourth-order valence-electron chi connectivity index (χ4n) is 5.99. The van der Waals surface area contributed by atoms with Crippen molar-refractivity contribution in [2.24, 2.45) is 0 Å². The lowest BCUT2D eigenvalue weighted by molar-refractivity contribution is -0.117. The molecule has 0 radical (unpaired) electrons.